The molecule has 14 heavy (non-hydrogen) atoms. The lowest BCUT2D eigenvalue weighted by Crippen LogP contribution is -2.54. The molecule has 2 fully saturated rings. The fourth-order valence-corrected chi connectivity index (χ4v) is 3.75. The molecule has 0 amide bonds. The van der Waals surface area contributed by atoms with E-state index in [2.05, 4.69) is 36.1 Å². The fourth-order valence-electron chi connectivity index (χ4n) is 2.19. The van der Waals surface area contributed by atoms with Crippen LogP contribution < -0.4 is 5.32 Å². The quantitative estimate of drug-likeness (QED) is 0.765. The SMILES string of the molecule is CN(C)C1(CNC2CCC2)CCSC1. The lowest BCUT2D eigenvalue weighted by Gasteiger charge is -2.39. The summed E-state index contributed by atoms with van der Waals surface area (Å²) in [6.45, 7) is 1.19. The number of thioether (sulfide) groups is 1. The van der Waals surface area contributed by atoms with Gasteiger partial charge in [-0.3, -0.25) is 0 Å². The molecule has 1 unspecified atom stereocenters. The van der Waals surface area contributed by atoms with Crippen LogP contribution in [0, 0.1) is 0 Å². The second-order valence-corrected chi connectivity index (χ2v) is 6.04. The summed E-state index contributed by atoms with van der Waals surface area (Å²) in [5, 5.41) is 3.73. The van der Waals surface area contributed by atoms with Crippen molar-refractivity contribution in [2.45, 2.75) is 37.3 Å². The molecule has 1 aliphatic carbocycles. The molecule has 1 saturated carbocycles. The molecule has 1 heterocycles. The molecule has 0 aromatic carbocycles. The maximum Gasteiger partial charge on any atom is 0.0425 e. The summed E-state index contributed by atoms with van der Waals surface area (Å²) in [7, 11) is 4.46. The lowest BCUT2D eigenvalue weighted by molar-refractivity contribution is 0.161. The van der Waals surface area contributed by atoms with E-state index in [1.54, 1.807) is 0 Å². The Hall–Kier alpha value is 0.270. The van der Waals surface area contributed by atoms with E-state index >= 15 is 0 Å². The zero-order valence-corrected chi connectivity index (χ0v) is 10.2. The molecule has 2 nitrogen and oxygen atoms in total. The lowest BCUT2D eigenvalue weighted by atomic mass is 9.91. The number of hydrogen-bond donors (Lipinski definition) is 1. The summed E-state index contributed by atoms with van der Waals surface area (Å²) in [5.74, 6) is 2.64. The molecule has 82 valence electrons. The highest BCUT2D eigenvalue weighted by atomic mass is 32.2. The zero-order chi connectivity index (χ0) is 10.0. The normalized spacial score (nSPS) is 33.6. The van der Waals surface area contributed by atoms with Crippen LogP contribution in [-0.4, -0.2) is 48.6 Å². The number of nitrogens with one attached hydrogen (secondary N) is 1. The highest BCUT2D eigenvalue weighted by molar-refractivity contribution is 7.99. The third-order valence-electron chi connectivity index (χ3n) is 3.86. The van der Waals surface area contributed by atoms with E-state index in [-0.39, 0.29) is 0 Å². The van der Waals surface area contributed by atoms with Crippen molar-refractivity contribution in [3.8, 4) is 0 Å². The molecule has 0 radical (unpaired) electrons. The van der Waals surface area contributed by atoms with Gasteiger partial charge in [0.25, 0.3) is 0 Å². The Morgan fingerprint density at radius 2 is 2.21 bits per heavy atom. The van der Waals surface area contributed by atoms with E-state index < -0.39 is 0 Å². The van der Waals surface area contributed by atoms with Gasteiger partial charge in [-0.15, -0.1) is 0 Å². The van der Waals surface area contributed by atoms with Crippen LogP contribution in [0.3, 0.4) is 0 Å². The van der Waals surface area contributed by atoms with Crippen LogP contribution in [0.4, 0.5) is 0 Å². The van der Waals surface area contributed by atoms with Crippen LogP contribution in [0.5, 0.6) is 0 Å². The maximum absolute atomic E-state index is 3.73. The van der Waals surface area contributed by atoms with Crippen LogP contribution in [-0.2, 0) is 0 Å². The Bertz CT molecular complexity index is 184. The van der Waals surface area contributed by atoms with Crippen molar-refractivity contribution in [3.63, 3.8) is 0 Å². The second-order valence-electron chi connectivity index (χ2n) is 4.93. The molecule has 1 N–H and O–H groups in total. The van der Waals surface area contributed by atoms with Crippen molar-refractivity contribution in [2.75, 3.05) is 32.1 Å². The van der Waals surface area contributed by atoms with Gasteiger partial charge < -0.3 is 10.2 Å². The molecule has 1 aliphatic heterocycles. The van der Waals surface area contributed by atoms with Crippen molar-refractivity contribution in [2.24, 2.45) is 0 Å². The summed E-state index contributed by atoms with van der Waals surface area (Å²) in [5.41, 5.74) is 0.445. The van der Waals surface area contributed by atoms with Gasteiger partial charge in [0.15, 0.2) is 0 Å². The van der Waals surface area contributed by atoms with Crippen LogP contribution >= 0.6 is 11.8 Å². The predicted molar refractivity (Wildman–Crippen MR) is 64.0 cm³/mol. The predicted octanol–water partition coefficient (Wildman–Crippen LogP) is 1.57. The first-order valence-corrected chi connectivity index (χ1v) is 6.87. The van der Waals surface area contributed by atoms with E-state index in [9.17, 15) is 0 Å². The minimum atomic E-state index is 0.445. The van der Waals surface area contributed by atoms with Crippen molar-refractivity contribution in [3.05, 3.63) is 0 Å². The minimum absolute atomic E-state index is 0.445. The molecule has 0 aromatic heterocycles. The van der Waals surface area contributed by atoms with E-state index in [4.69, 9.17) is 0 Å². The van der Waals surface area contributed by atoms with E-state index in [0.717, 1.165) is 6.04 Å². The van der Waals surface area contributed by atoms with Gasteiger partial charge in [0.2, 0.25) is 0 Å². The van der Waals surface area contributed by atoms with Crippen molar-refractivity contribution in [1.82, 2.24) is 10.2 Å². The monoisotopic (exact) mass is 214 g/mol. The topological polar surface area (TPSA) is 15.3 Å². The number of rotatable bonds is 4. The standard InChI is InChI=1S/C11H22N2S/c1-13(2)11(6-7-14-9-11)8-12-10-4-3-5-10/h10,12H,3-9H2,1-2H3. The molecule has 0 aromatic rings. The first kappa shape index (κ1) is 10.8. The first-order valence-electron chi connectivity index (χ1n) is 5.71. The van der Waals surface area contributed by atoms with Gasteiger partial charge in [0.1, 0.15) is 0 Å². The van der Waals surface area contributed by atoms with Crippen molar-refractivity contribution >= 4 is 11.8 Å². The van der Waals surface area contributed by atoms with Crippen molar-refractivity contribution in [1.29, 1.82) is 0 Å². The van der Waals surface area contributed by atoms with Crippen LogP contribution in [0.2, 0.25) is 0 Å². The number of likely N-dealkylation sites (N-methyl/N-ethyl adjacent to an activating group) is 1. The molecule has 3 heteroatoms. The largest absolute Gasteiger partial charge is 0.312 e. The zero-order valence-electron chi connectivity index (χ0n) is 9.38. The molecular formula is C11H22N2S. The van der Waals surface area contributed by atoms with Crippen LogP contribution in [0.1, 0.15) is 25.7 Å². The Morgan fingerprint density at radius 1 is 1.43 bits per heavy atom. The van der Waals surface area contributed by atoms with Gasteiger partial charge in [-0.1, -0.05) is 6.42 Å². The van der Waals surface area contributed by atoms with Gasteiger partial charge in [-0.25, -0.2) is 0 Å². The Morgan fingerprint density at radius 3 is 2.64 bits per heavy atom. The molecule has 0 bridgehead atoms. The van der Waals surface area contributed by atoms with Crippen LogP contribution in [0.15, 0.2) is 0 Å². The first-order chi connectivity index (χ1) is 6.73. The maximum atomic E-state index is 3.73. The third-order valence-corrected chi connectivity index (χ3v) is 5.09. The van der Waals surface area contributed by atoms with E-state index in [1.165, 1.54) is 43.7 Å². The van der Waals surface area contributed by atoms with Gasteiger partial charge in [-0.05, 0) is 39.1 Å². The highest BCUT2D eigenvalue weighted by Gasteiger charge is 2.37. The molecule has 0 spiro atoms. The molecular weight excluding hydrogens is 192 g/mol. The van der Waals surface area contributed by atoms with E-state index in [1.807, 2.05) is 0 Å². The summed E-state index contributed by atoms with van der Waals surface area (Å²) in [6.07, 6.45) is 5.58. The molecule has 2 rings (SSSR count). The average Bonchev–Trinajstić information content (AvgIpc) is 2.51. The number of hydrogen-bond acceptors (Lipinski definition) is 3. The highest BCUT2D eigenvalue weighted by Crippen LogP contribution is 2.32. The Kier molecular flexibility index (Phi) is 3.40. The van der Waals surface area contributed by atoms with E-state index in [0.29, 0.717) is 5.54 Å². The van der Waals surface area contributed by atoms with Crippen molar-refractivity contribution < 1.29 is 0 Å². The Labute approximate surface area is 91.8 Å². The summed E-state index contributed by atoms with van der Waals surface area (Å²) < 4.78 is 0. The molecule has 1 atom stereocenters. The average molecular weight is 214 g/mol. The summed E-state index contributed by atoms with van der Waals surface area (Å²) in [4.78, 5) is 2.43. The third kappa shape index (κ3) is 2.10. The van der Waals surface area contributed by atoms with Crippen LogP contribution in [0.25, 0.3) is 0 Å². The van der Waals surface area contributed by atoms with Gasteiger partial charge in [-0.2, -0.15) is 11.8 Å². The van der Waals surface area contributed by atoms with Gasteiger partial charge in [0, 0.05) is 23.9 Å². The summed E-state index contributed by atoms with van der Waals surface area (Å²) >= 11 is 2.10. The molecule has 1 saturated heterocycles. The van der Waals surface area contributed by atoms with Gasteiger partial charge >= 0.3 is 0 Å². The van der Waals surface area contributed by atoms with Gasteiger partial charge in [0.05, 0.1) is 0 Å². The number of nitrogens with zero attached hydrogens (tertiary/aromatic N) is 1. The molecule has 2 aliphatic rings. The fraction of sp³-hybridized carbons (Fsp3) is 1.00. The smallest absolute Gasteiger partial charge is 0.0425 e. The summed E-state index contributed by atoms with van der Waals surface area (Å²) in [6, 6.07) is 0.831. The Balaban J connectivity index is 1.83. The second kappa shape index (κ2) is 4.42. The minimum Gasteiger partial charge on any atom is -0.312 e.